The van der Waals surface area contributed by atoms with Crippen LogP contribution in [0.2, 0.25) is 0 Å². The van der Waals surface area contributed by atoms with Gasteiger partial charge in [-0.1, -0.05) is 15.9 Å². The Morgan fingerprint density at radius 1 is 1.35 bits per heavy atom. The number of ether oxygens (including phenoxy) is 2. The van der Waals surface area contributed by atoms with Crippen LogP contribution in [0.25, 0.3) is 0 Å². The van der Waals surface area contributed by atoms with Crippen molar-refractivity contribution in [3.05, 3.63) is 28.0 Å². The molecule has 1 aliphatic rings. The van der Waals surface area contributed by atoms with Crippen LogP contribution >= 0.6 is 15.9 Å². The van der Waals surface area contributed by atoms with Gasteiger partial charge in [0.1, 0.15) is 17.0 Å². The lowest BCUT2D eigenvalue weighted by molar-refractivity contribution is 0.0498. The molecule has 0 aromatic heterocycles. The number of methoxy groups -OCH3 is 1. The highest BCUT2D eigenvalue weighted by Crippen LogP contribution is 2.31. The molecule has 0 radical (unpaired) electrons. The minimum atomic E-state index is -0.729. The quantitative estimate of drug-likeness (QED) is 0.737. The molecule has 0 saturated carbocycles. The van der Waals surface area contributed by atoms with E-state index in [0.717, 1.165) is 12.8 Å². The molecule has 1 atom stereocenters. The zero-order valence-corrected chi connectivity index (χ0v) is 17.0. The average molecular weight is 431 g/mol. The van der Waals surface area contributed by atoms with E-state index in [0.29, 0.717) is 23.2 Å². The van der Waals surface area contributed by atoms with E-state index >= 15 is 0 Å². The molecule has 144 valence electrons. The first-order chi connectivity index (χ1) is 12.1. The van der Waals surface area contributed by atoms with Gasteiger partial charge in [-0.25, -0.2) is 14.0 Å². The molecule has 0 spiro atoms. The molecule has 1 aromatic rings. The van der Waals surface area contributed by atoms with Crippen LogP contribution in [0.4, 0.5) is 14.9 Å². The topological polar surface area (TPSA) is 67.9 Å². The molecule has 6 nitrogen and oxygen atoms in total. The van der Waals surface area contributed by atoms with Crippen molar-refractivity contribution in [2.24, 2.45) is 0 Å². The van der Waals surface area contributed by atoms with Gasteiger partial charge in [-0.3, -0.25) is 0 Å². The van der Waals surface area contributed by atoms with Crippen molar-refractivity contribution in [3.63, 3.8) is 0 Å². The van der Waals surface area contributed by atoms with Crippen molar-refractivity contribution in [3.8, 4) is 0 Å². The van der Waals surface area contributed by atoms with Gasteiger partial charge in [0.15, 0.2) is 0 Å². The lowest BCUT2D eigenvalue weighted by Gasteiger charge is -2.36. The Bertz CT molecular complexity index is 691. The van der Waals surface area contributed by atoms with Gasteiger partial charge in [-0.2, -0.15) is 0 Å². The van der Waals surface area contributed by atoms with E-state index in [9.17, 15) is 14.0 Å². The minimum absolute atomic E-state index is 0.103. The Hall–Kier alpha value is -1.83. The molecule has 1 unspecified atom stereocenters. The lowest BCUT2D eigenvalue weighted by atomic mass is 10.0. The van der Waals surface area contributed by atoms with Gasteiger partial charge in [0, 0.05) is 23.6 Å². The monoisotopic (exact) mass is 430 g/mol. The number of rotatable bonds is 3. The molecule has 1 heterocycles. The van der Waals surface area contributed by atoms with Crippen molar-refractivity contribution in [1.82, 2.24) is 5.32 Å². The van der Waals surface area contributed by atoms with Crippen LogP contribution < -0.4 is 10.2 Å². The summed E-state index contributed by atoms with van der Waals surface area (Å²) >= 11 is 3.26. The lowest BCUT2D eigenvalue weighted by Crippen LogP contribution is -2.49. The van der Waals surface area contributed by atoms with Crippen LogP contribution in [0, 0.1) is 5.82 Å². The summed E-state index contributed by atoms with van der Waals surface area (Å²) in [6.07, 6.45) is 1.08. The fraction of sp³-hybridized carbons (Fsp3) is 0.556. The van der Waals surface area contributed by atoms with E-state index in [2.05, 4.69) is 21.2 Å². The maximum absolute atomic E-state index is 14.3. The fourth-order valence-corrected chi connectivity index (χ4v) is 3.32. The molecule has 2 rings (SSSR count). The van der Waals surface area contributed by atoms with Crippen molar-refractivity contribution in [2.75, 3.05) is 25.1 Å². The highest BCUT2D eigenvalue weighted by atomic mass is 79.9. The van der Waals surface area contributed by atoms with Crippen molar-refractivity contribution in [1.29, 1.82) is 0 Å². The van der Waals surface area contributed by atoms with E-state index < -0.39 is 23.5 Å². The summed E-state index contributed by atoms with van der Waals surface area (Å²) in [6.45, 7) is 6.48. The summed E-state index contributed by atoms with van der Waals surface area (Å²) in [7, 11) is 1.22. The van der Waals surface area contributed by atoms with E-state index in [1.807, 2.05) is 4.90 Å². The number of nitrogens with one attached hydrogen (secondary N) is 1. The number of hydrogen-bond donors (Lipinski definition) is 1. The Morgan fingerprint density at radius 3 is 2.65 bits per heavy atom. The van der Waals surface area contributed by atoms with Crippen LogP contribution in [0.5, 0.6) is 0 Å². The maximum Gasteiger partial charge on any atom is 0.407 e. The number of hydrogen-bond acceptors (Lipinski definition) is 5. The predicted molar refractivity (Wildman–Crippen MR) is 100 cm³/mol. The first kappa shape index (κ1) is 20.5. The van der Waals surface area contributed by atoms with E-state index in [4.69, 9.17) is 9.47 Å². The summed E-state index contributed by atoms with van der Waals surface area (Å²) < 4.78 is 24.9. The number of nitrogens with zero attached hydrogens (tertiary/aromatic N) is 1. The first-order valence-electron chi connectivity index (χ1n) is 8.42. The van der Waals surface area contributed by atoms with Gasteiger partial charge in [0.2, 0.25) is 0 Å². The number of esters is 1. The fourth-order valence-electron chi connectivity index (χ4n) is 2.90. The molecule has 26 heavy (non-hydrogen) atoms. The third-order valence-electron chi connectivity index (χ3n) is 3.91. The maximum atomic E-state index is 14.3. The minimum Gasteiger partial charge on any atom is -0.465 e. The number of halogens is 2. The van der Waals surface area contributed by atoms with Crippen molar-refractivity contribution >= 4 is 33.7 Å². The average Bonchev–Trinajstić information content (AvgIpc) is 2.51. The van der Waals surface area contributed by atoms with Gasteiger partial charge in [0.25, 0.3) is 0 Å². The van der Waals surface area contributed by atoms with Gasteiger partial charge in [-0.15, -0.1) is 0 Å². The molecule has 8 heteroatoms. The number of amides is 1. The standard InChI is InChI=1S/C18H24BrFN2O4/c1-18(2,3)26-17(24)21-12-6-5-7-22(10-12)14-9-11(19)8-13(20)15(14)16(23)25-4/h8-9,12H,5-7,10H2,1-4H3,(H,21,24). The van der Waals surface area contributed by atoms with E-state index in [1.165, 1.54) is 13.2 Å². The molecule has 1 amide bonds. The second-order valence-electron chi connectivity index (χ2n) is 7.20. The van der Waals surface area contributed by atoms with Crippen molar-refractivity contribution < 1.29 is 23.5 Å². The molecule has 1 aliphatic heterocycles. The first-order valence-corrected chi connectivity index (χ1v) is 9.22. The summed E-state index contributed by atoms with van der Waals surface area (Å²) in [5.41, 5.74) is -0.239. The van der Waals surface area contributed by atoms with Crippen LogP contribution in [0.3, 0.4) is 0 Å². The smallest absolute Gasteiger partial charge is 0.407 e. The summed E-state index contributed by atoms with van der Waals surface area (Å²) in [5.74, 6) is -1.38. The third-order valence-corrected chi connectivity index (χ3v) is 4.36. The SMILES string of the molecule is COC(=O)c1c(F)cc(Br)cc1N1CCCC(NC(=O)OC(C)(C)C)C1. The summed E-state index contributed by atoms with van der Waals surface area (Å²) in [5, 5.41) is 2.84. The molecular weight excluding hydrogens is 407 g/mol. The van der Waals surface area contributed by atoms with Crippen LogP contribution in [0.15, 0.2) is 16.6 Å². The van der Waals surface area contributed by atoms with Crippen LogP contribution in [-0.2, 0) is 9.47 Å². The van der Waals surface area contributed by atoms with E-state index in [1.54, 1.807) is 26.8 Å². The Kier molecular flexibility index (Phi) is 6.49. The van der Waals surface area contributed by atoms with Crippen molar-refractivity contribution in [2.45, 2.75) is 45.3 Å². The van der Waals surface area contributed by atoms with Gasteiger partial charge in [-0.05, 0) is 45.7 Å². The van der Waals surface area contributed by atoms with Gasteiger partial charge >= 0.3 is 12.1 Å². The number of piperidine rings is 1. The number of carbonyl (C=O) groups is 2. The number of alkyl carbamates (subject to hydrolysis) is 1. The molecular formula is C18H24BrFN2O4. The molecule has 1 N–H and O–H groups in total. The molecule has 1 fully saturated rings. The summed E-state index contributed by atoms with van der Waals surface area (Å²) in [4.78, 5) is 25.9. The van der Waals surface area contributed by atoms with Crippen LogP contribution in [-0.4, -0.2) is 43.9 Å². The zero-order chi connectivity index (χ0) is 19.5. The normalized spacial score (nSPS) is 17.6. The summed E-state index contributed by atoms with van der Waals surface area (Å²) in [6, 6.07) is 2.76. The van der Waals surface area contributed by atoms with Gasteiger partial charge in [0.05, 0.1) is 12.8 Å². The Balaban J connectivity index is 2.19. The Morgan fingerprint density at radius 2 is 2.04 bits per heavy atom. The number of anilines is 1. The molecule has 0 bridgehead atoms. The molecule has 1 saturated heterocycles. The molecule has 1 aromatic carbocycles. The zero-order valence-electron chi connectivity index (χ0n) is 15.4. The van der Waals surface area contributed by atoms with Crippen LogP contribution in [0.1, 0.15) is 44.0 Å². The molecule has 0 aliphatic carbocycles. The third kappa shape index (κ3) is 5.33. The number of benzene rings is 1. The highest BCUT2D eigenvalue weighted by Gasteiger charge is 2.28. The second-order valence-corrected chi connectivity index (χ2v) is 8.12. The largest absolute Gasteiger partial charge is 0.465 e. The second kappa shape index (κ2) is 8.24. The number of carbonyl (C=O) groups excluding carboxylic acids is 2. The van der Waals surface area contributed by atoms with Gasteiger partial charge < -0.3 is 19.7 Å². The van der Waals surface area contributed by atoms with E-state index in [-0.39, 0.29) is 11.6 Å². The Labute approximate surface area is 161 Å². The highest BCUT2D eigenvalue weighted by molar-refractivity contribution is 9.10. The predicted octanol–water partition coefficient (Wildman–Crippen LogP) is 3.87.